The Labute approximate surface area is 83.4 Å². The molecule has 0 unspecified atom stereocenters. The summed E-state index contributed by atoms with van der Waals surface area (Å²) in [7, 11) is 0. The van der Waals surface area contributed by atoms with Gasteiger partial charge in [-0.2, -0.15) is 0 Å². The zero-order chi connectivity index (χ0) is 11.0. The summed E-state index contributed by atoms with van der Waals surface area (Å²) in [5.41, 5.74) is -0.223. The molecule has 0 saturated carbocycles. The quantitative estimate of drug-likeness (QED) is 0.522. The van der Waals surface area contributed by atoms with E-state index in [1.165, 1.54) is 0 Å². The maximum atomic E-state index is 10.9. The summed E-state index contributed by atoms with van der Waals surface area (Å²) in [6, 6.07) is 2.16. The lowest BCUT2D eigenvalue weighted by Crippen LogP contribution is -2.25. The van der Waals surface area contributed by atoms with Crippen LogP contribution in [0.5, 0.6) is 11.5 Å². The summed E-state index contributed by atoms with van der Waals surface area (Å²) in [5.74, 6) is -0.695. The number of hydrogen-bond acceptors (Lipinski definition) is 5. The third-order valence-electron chi connectivity index (χ3n) is 1.91. The summed E-state index contributed by atoms with van der Waals surface area (Å²) in [4.78, 5) is 20.7. The van der Waals surface area contributed by atoms with Crippen molar-refractivity contribution in [1.82, 2.24) is 0 Å². The SMILES string of the molecule is O=C1COc2cc([N+](=O)[O-])c(O)cc2N1. The van der Waals surface area contributed by atoms with Crippen LogP contribution in [0.15, 0.2) is 12.1 Å². The maximum Gasteiger partial charge on any atom is 0.314 e. The number of ether oxygens (including phenoxy) is 1. The third kappa shape index (κ3) is 1.54. The number of nitrogens with one attached hydrogen (secondary N) is 1. The topological polar surface area (TPSA) is 102 Å². The van der Waals surface area contributed by atoms with Gasteiger partial charge in [-0.05, 0) is 0 Å². The minimum Gasteiger partial charge on any atom is -0.502 e. The predicted molar refractivity (Wildman–Crippen MR) is 48.9 cm³/mol. The Morgan fingerprint density at radius 1 is 1.53 bits per heavy atom. The normalized spacial score (nSPS) is 13.7. The van der Waals surface area contributed by atoms with E-state index in [2.05, 4.69) is 5.32 Å². The molecule has 0 spiro atoms. The second-order valence-electron chi connectivity index (χ2n) is 2.93. The van der Waals surface area contributed by atoms with Gasteiger partial charge in [-0.3, -0.25) is 14.9 Å². The van der Waals surface area contributed by atoms with Crippen molar-refractivity contribution in [3.05, 3.63) is 22.2 Å². The molecule has 0 saturated heterocycles. The number of phenolic OH excluding ortho intramolecular Hbond substituents is 1. The Hall–Kier alpha value is -2.31. The molecular weight excluding hydrogens is 204 g/mol. The van der Waals surface area contributed by atoms with Gasteiger partial charge in [0.15, 0.2) is 18.1 Å². The average Bonchev–Trinajstić information content (AvgIpc) is 2.15. The molecule has 0 aliphatic carbocycles. The number of fused-ring (bicyclic) bond motifs is 1. The zero-order valence-corrected chi connectivity index (χ0v) is 7.39. The molecule has 0 fully saturated rings. The summed E-state index contributed by atoms with van der Waals surface area (Å²) in [6.45, 7) is -0.186. The van der Waals surface area contributed by atoms with Crippen LogP contribution in [0, 0.1) is 10.1 Å². The van der Waals surface area contributed by atoms with Crippen molar-refractivity contribution in [3.8, 4) is 11.5 Å². The van der Waals surface area contributed by atoms with Crippen LogP contribution in [0.4, 0.5) is 11.4 Å². The lowest BCUT2D eigenvalue weighted by atomic mass is 10.2. The minimum absolute atomic E-state index is 0.180. The van der Waals surface area contributed by atoms with Crippen LogP contribution in [0.3, 0.4) is 0 Å². The highest BCUT2D eigenvalue weighted by Crippen LogP contribution is 2.38. The second-order valence-corrected chi connectivity index (χ2v) is 2.93. The Kier molecular flexibility index (Phi) is 1.93. The molecule has 1 aliphatic heterocycles. The van der Waals surface area contributed by atoms with E-state index in [0.717, 1.165) is 12.1 Å². The van der Waals surface area contributed by atoms with Crippen LogP contribution in [0.2, 0.25) is 0 Å². The summed E-state index contributed by atoms with van der Waals surface area (Å²) in [6.07, 6.45) is 0. The van der Waals surface area contributed by atoms with E-state index in [0.29, 0.717) is 0 Å². The molecule has 7 nitrogen and oxygen atoms in total. The van der Waals surface area contributed by atoms with Gasteiger partial charge in [0, 0.05) is 6.07 Å². The first-order valence-corrected chi connectivity index (χ1v) is 4.02. The van der Waals surface area contributed by atoms with Crippen LogP contribution in [-0.4, -0.2) is 22.5 Å². The highest BCUT2D eigenvalue weighted by molar-refractivity contribution is 5.96. The van der Waals surface area contributed by atoms with E-state index >= 15 is 0 Å². The highest BCUT2D eigenvalue weighted by Gasteiger charge is 2.23. The molecule has 1 amide bonds. The van der Waals surface area contributed by atoms with Crippen LogP contribution < -0.4 is 10.1 Å². The molecule has 2 rings (SSSR count). The van der Waals surface area contributed by atoms with Gasteiger partial charge in [-0.25, -0.2) is 0 Å². The first-order chi connectivity index (χ1) is 7.08. The molecule has 1 aromatic carbocycles. The smallest absolute Gasteiger partial charge is 0.314 e. The summed E-state index contributed by atoms with van der Waals surface area (Å²) < 4.78 is 4.95. The summed E-state index contributed by atoms with van der Waals surface area (Å²) in [5, 5.41) is 22.2. The van der Waals surface area contributed by atoms with E-state index in [1.54, 1.807) is 0 Å². The fourth-order valence-corrected chi connectivity index (χ4v) is 1.25. The molecule has 78 valence electrons. The van der Waals surface area contributed by atoms with Gasteiger partial charge in [-0.15, -0.1) is 0 Å². The van der Waals surface area contributed by atoms with Gasteiger partial charge in [0.05, 0.1) is 16.7 Å². The number of carbonyl (C=O) groups excluding carboxylic acids is 1. The number of phenols is 1. The number of rotatable bonds is 1. The monoisotopic (exact) mass is 210 g/mol. The molecule has 0 radical (unpaired) electrons. The fourth-order valence-electron chi connectivity index (χ4n) is 1.25. The number of amides is 1. The number of anilines is 1. The Morgan fingerprint density at radius 2 is 2.27 bits per heavy atom. The minimum atomic E-state index is -0.727. The van der Waals surface area contributed by atoms with E-state index in [9.17, 15) is 20.0 Å². The predicted octanol–water partition coefficient (Wildman–Crippen LogP) is 0.631. The largest absolute Gasteiger partial charge is 0.502 e. The number of carbonyl (C=O) groups is 1. The fraction of sp³-hybridized carbons (Fsp3) is 0.125. The van der Waals surface area contributed by atoms with Gasteiger partial charge in [0.25, 0.3) is 5.91 Å². The van der Waals surface area contributed by atoms with Crippen molar-refractivity contribution in [2.24, 2.45) is 0 Å². The van der Waals surface area contributed by atoms with Crippen molar-refractivity contribution in [1.29, 1.82) is 0 Å². The number of nitro groups is 1. The molecule has 0 atom stereocenters. The van der Waals surface area contributed by atoms with Gasteiger partial charge in [-0.1, -0.05) is 0 Å². The number of hydrogen-bond donors (Lipinski definition) is 2. The molecule has 1 aromatic rings. The number of aromatic hydroxyl groups is 1. The average molecular weight is 210 g/mol. The van der Waals surface area contributed by atoms with Crippen molar-refractivity contribution in [2.75, 3.05) is 11.9 Å². The van der Waals surface area contributed by atoms with Crippen LogP contribution in [0.25, 0.3) is 0 Å². The molecule has 0 bridgehead atoms. The molecule has 1 aliphatic rings. The first kappa shape index (κ1) is 9.25. The Morgan fingerprint density at radius 3 is 2.93 bits per heavy atom. The standard InChI is InChI=1S/C8H6N2O5/c11-6-1-4-7(2-5(6)10(13)14)15-3-8(12)9-4/h1-2,11H,3H2,(H,9,12). The molecule has 1 heterocycles. The van der Waals surface area contributed by atoms with Gasteiger partial charge in [0.2, 0.25) is 0 Å². The third-order valence-corrected chi connectivity index (χ3v) is 1.91. The van der Waals surface area contributed by atoms with Crippen molar-refractivity contribution in [3.63, 3.8) is 0 Å². The lowest BCUT2D eigenvalue weighted by Gasteiger charge is -2.17. The van der Waals surface area contributed by atoms with E-state index in [1.807, 2.05) is 0 Å². The van der Waals surface area contributed by atoms with Crippen LogP contribution in [-0.2, 0) is 4.79 Å². The second kappa shape index (κ2) is 3.12. The summed E-state index contributed by atoms with van der Waals surface area (Å²) >= 11 is 0. The molecule has 15 heavy (non-hydrogen) atoms. The number of nitro benzene ring substituents is 1. The van der Waals surface area contributed by atoms with Gasteiger partial charge in [0.1, 0.15) is 0 Å². The van der Waals surface area contributed by atoms with Crippen molar-refractivity contribution < 1.29 is 19.6 Å². The van der Waals surface area contributed by atoms with Crippen molar-refractivity contribution >= 4 is 17.3 Å². The lowest BCUT2D eigenvalue weighted by molar-refractivity contribution is -0.385. The van der Waals surface area contributed by atoms with Crippen molar-refractivity contribution in [2.45, 2.75) is 0 Å². The molecule has 2 N–H and O–H groups in total. The molecular formula is C8H6N2O5. The Balaban J connectivity index is 2.50. The van der Waals surface area contributed by atoms with Gasteiger partial charge >= 0.3 is 5.69 Å². The number of benzene rings is 1. The highest BCUT2D eigenvalue weighted by atomic mass is 16.6. The van der Waals surface area contributed by atoms with Crippen LogP contribution >= 0.6 is 0 Å². The number of nitrogens with zero attached hydrogens (tertiary/aromatic N) is 1. The first-order valence-electron chi connectivity index (χ1n) is 4.02. The van der Waals surface area contributed by atoms with E-state index in [-0.39, 0.29) is 24.0 Å². The van der Waals surface area contributed by atoms with Crippen LogP contribution in [0.1, 0.15) is 0 Å². The molecule has 0 aromatic heterocycles. The zero-order valence-electron chi connectivity index (χ0n) is 7.39. The van der Waals surface area contributed by atoms with E-state index < -0.39 is 16.4 Å². The maximum absolute atomic E-state index is 10.9. The van der Waals surface area contributed by atoms with E-state index in [4.69, 9.17) is 4.74 Å². The van der Waals surface area contributed by atoms with Gasteiger partial charge < -0.3 is 15.2 Å². The Bertz CT molecular complexity index is 457. The molecule has 7 heteroatoms.